The summed E-state index contributed by atoms with van der Waals surface area (Å²) < 4.78 is 28.2. The first-order valence-electron chi connectivity index (χ1n) is 6.30. The molecular weight excluding hydrogens is 288 g/mol. The number of nitrogens with zero attached hydrogens (tertiary/aromatic N) is 3. The van der Waals surface area contributed by atoms with Crippen molar-refractivity contribution in [2.45, 2.75) is 43.3 Å². The monoisotopic (exact) mass is 306 g/mol. The molecule has 6 nitrogen and oxygen atoms in total. The van der Waals surface area contributed by atoms with Crippen molar-refractivity contribution >= 4 is 21.6 Å². The number of rotatable bonds is 3. The molecule has 0 radical (unpaired) electrons. The quantitative estimate of drug-likeness (QED) is 0.902. The smallest absolute Gasteiger partial charge is 0.262 e. The zero-order valence-electron chi connectivity index (χ0n) is 11.1. The minimum absolute atomic E-state index is 0.00690. The SMILES string of the molecule is CC(N)C1CCCCN1S(=O)(=O)c1cn(C)c(Cl)n1. The number of aryl methyl sites for hydroxylation is 1. The van der Waals surface area contributed by atoms with Crippen LogP contribution in [0.1, 0.15) is 26.2 Å². The van der Waals surface area contributed by atoms with Crippen LogP contribution in [-0.2, 0) is 17.1 Å². The van der Waals surface area contributed by atoms with Gasteiger partial charge in [0.1, 0.15) is 0 Å². The molecule has 2 heterocycles. The minimum atomic E-state index is -3.62. The number of aromatic nitrogens is 2. The molecule has 108 valence electrons. The molecule has 0 bridgehead atoms. The Hall–Kier alpha value is -0.630. The second-order valence-corrected chi connectivity index (χ2v) is 7.17. The molecule has 1 saturated heterocycles. The Morgan fingerprint density at radius 1 is 1.53 bits per heavy atom. The van der Waals surface area contributed by atoms with Crippen LogP contribution in [0.5, 0.6) is 0 Å². The van der Waals surface area contributed by atoms with Crippen molar-refractivity contribution in [1.29, 1.82) is 0 Å². The lowest BCUT2D eigenvalue weighted by atomic mass is 10.00. The Labute approximate surface area is 118 Å². The van der Waals surface area contributed by atoms with Gasteiger partial charge in [-0.1, -0.05) is 6.42 Å². The molecule has 0 aliphatic carbocycles. The van der Waals surface area contributed by atoms with E-state index in [1.54, 1.807) is 7.05 Å². The molecule has 2 N–H and O–H groups in total. The average molecular weight is 307 g/mol. The number of sulfonamides is 1. The maximum atomic E-state index is 12.6. The molecule has 1 aliphatic heterocycles. The summed E-state index contributed by atoms with van der Waals surface area (Å²) in [6.45, 7) is 2.33. The van der Waals surface area contributed by atoms with Gasteiger partial charge in [0, 0.05) is 31.9 Å². The van der Waals surface area contributed by atoms with E-state index < -0.39 is 10.0 Å². The second kappa shape index (κ2) is 5.40. The third-order valence-electron chi connectivity index (χ3n) is 3.48. The van der Waals surface area contributed by atoms with Crippen LogP contribution in [0.4, 0.5) is 0 Å². The van der Waals surface area contributed by atoms with Gasteiger partial charge in [0.2, 0.25) is 5.28 Å². The third kappa shape index (κ3) is 2.79. The molecule has 1 aliphatic rings. The molecule has 8 heteroatoms. The first kappa shape index (κ1) is 14.8. The van der Waals surface area contributed by atoms with E-state index in [0.717, 1.165) is 19.3 Å². The fourth-order valence-electron chi connectivity index (χ4n) is 2.42. The van der Waals surface area contributed by atoms with Crippen molar-refractivity contribution in [2.75, 3.05) is 6.54 Å². The summed E-state index contributed by atoms with van der Waals surface area (Å²) in [5.41, 5.74) is 5.91. The van der Waals surface area contributed by atoms with Gasteiger partial charge in [-0.2, -0.15) is 4.31 Å². The van der Waals surface area contributed by atoms with Gasteiger partial charge in [0.15, 0.2) is 5.03 Å². The van der Waals surface area contributed by atoms with Gasteiger partial charge in [0.05, 0.1) is 0 Å². The van der Waals surface area contributed by atoms with Crippen LogP contribution in [0.3, 0.4) is 0 Å². The van der Waals surface area contributed by atoms with E-state index in [1.807, 2.05) is 6.92 Å². The predicted molar refractivity (Wildman–Crippen MR) is 73.4 cm³/mol. The van der Waals surface area contributed by atoms with Crippen molar-refractivity contribution in [3.05, 3.63) is 11.5 Å². The van der Waals surface area contributed by atoms with E-state index >= 15 is 0 Å². The van der Waals surface area contributed by atoms with Gasteiger partial charge in [-0.25, -0.2) is 13.4 Å². The van der Waals surface area contributed by atoms with Gasteiger partial charge in [0.25, 0.3) is 10.0 Å². The molecule has 0 spiro atoms. The third-order valence-corrected chi connectivity index (χ3v) is 5.62. The molecule has 0 amide bonds. The lowest BCUT2D eigenvalue weighted by Crippen LogP contribution is -2.51. The number of nitrogens with two attached hydrogens (primary N) is 1. The standard InChI is InChI=1S/C11H19ClN4O2S/c1-8(13)9-5-3-4-6-16(9)19(17,18)10-7-15(2)11(12)14-10/h7-9H,3-6,13H2,1-2H3. The van der Waals surface area contributed by atoms with E-state index in [4.69, 9.17) is 17.3 Å². The molecule has 0 aromatic carbocycles. The summed E-state index contributed by atoms with van der Waals surface area (Å²) in [6, 6.07) is -0.367. The number of imidazole rings is 1. The highest BCUT2D eigenvalue weighted by molar-refractivity contribution is 7.89. The molecule has 2 atom stereocenters. The molecule has 2 unspecified atom stereocenters. The fraction of sp³-hybridized carbons (Fsp3) is 0.727. The summed E-state index contributed by atoms with van der Waals surface area (Å²) in [6.07, 6.45) is 4.08. The Balaban J connectivity index is 2.37. The topological polar surface area (TPSA) is 81.2 Å². The van der Waals surface area contributed by atoms with E-state index in [0.29, 0.717) is 6.54 Å². The zero-order chi connectivity index (χ0) is 14.2. The fourth-order valence-corrected chi connectivity index (χ4v) is 4.36. The Kier molecular flexibility index (Phi) is 4.20. The van der Waals surface area contributed by atoms with Gasteiger partial charge < -0.3 is 10.3 Å². The van der Waals surface area contributed by atoms with Crippen molar-refractivity contribution < 1.29 is 8.42 Å². The second-order valence-electron chi connectivity index (χ2n) is 5.00. The van der Waals surface area contributed by atoms with Crippen LogP contribution in [0.25, 0.3) is 0 Å². The van der Waals surface area contributed by atoms with Crippen LogP contribution < -0.4 is 5.73 Å². The summed E-state index contributed by atoms with van der Waals surface area (Å²) in [5.74, 6) is 0. The van der Waals surface area contributed by atoms with Crippen molar-refractivity contribution in [3.8, 4) is 0 Å². The average Bonchev–Trinajstić information content (AvgIpc) is 2.70. The molecule has 1 aromatic heterocycles. The highest BCUT2D eigenvalue weighted by Gasteiger charge is 2.36. The Morgan fingerprint density at radius 3 is 2.74 bits per heavy atom. The van der Waals surface area contributed by atoms with Crippen LogP contribution >= 0.6 is 11.6 Å². The van der Waals surface area contributed by atoms with E-state index in [-0.39, 0.29) is 22.4 Å². The van der Waals surface area contributed by atoms with Gasteiger partial charge in [-0.05, 0) is 31.4 Å². The normalized spacial score (nSPS) is 23.5. The van der Waals surface area contributed by atoms with Crippen LogP contribution in [0, 0.1) is 0 Å². The molecule has 1 fully saturated rings. The van der Waals surface area contributed by atoms with Crippen LogP contribution in [0.15, 0.2) is 11.2 Å². The summed E-state index contributed by atoms with van der Waals surface area (Å²) in [7, 11) is -1.96. The molecule has 19 heavy (non-hydrogen) atoms. The van der Waals surface area contributed by atoms with Crippen molar-refractivity contribution in [2.24, 2.45) is 12.8 Å². The predicted octanol–water partition coefficient (Wildman–Crippen LogP) is 0.964. The lowest BCUT2D eigenvalue weighted by molar-refractivity contribution is 0.227. The van der Waals surface area contributed by atoms with E-state index in [9.17, 15) is 8.42 Å². The molecule has 2 rings (SSSR count). The lowest BCUT2D eigenvalue weighted by Gasteiger charge is -2.36. The summed E-state index contributed by atoms with van der Waals surface area (Å²) in [4.78, 5) is 3.91. The summed E-state index contributed by atoms with van der Waals surface area (Å²) >= 11 is 5.82. The van der Waals surface area contributed by atoms with E-state index in [1.165, 1.54) is 15.1 Å². The highest BCUT2D eigenvalue weighted by Crippen LogP contribution is 2.26. The van der Waals surface area contributed by atoms with Crippen molar-refractivity contribution in [3.63, 3.8) is 0 Å². The maximum Gasteiger partial charge on any atom is 0.262 e. The van der Waals surface area contributed by atoms with Gasteiger partial charge >= 0.3 is 0 Å². The number of halogens is 1. The van der Waals surface area contributed by atoms with Crippen LogP contribution in [0.2, 0.25) is 5.28 Å². The first-order valence-corrected chi connectivity index (χ1v) is 8.12. The highest BCUT2D eigenvalue weighted by atomic mass is 35.5. The van der Waals surface area contributed by atoms with Gasteiger partial charge in [-0.15, -0.1) is 0 Å². The van der Waals surface area contributed by atoms with Crippen molar-refractivity contribution in [1.82, 2.24) is 13.9 Å². The molecule has 1 aromatic rings. The van der Waals surface area contributed by atoms with Crippen LogP contribution in [-0.4, -0.2) is 40.9 Å². The number of piperidine rings is 1. The Morgan fingerprint density at radius 2 is 2.21 bits per heavy atom. The number of hydrogen-bond donors (Lipinski definition) is 1. The zero-order valence-corrected chi connectivity index (χ0v) is 12.7. The largest absolute Gasteiger partial charge is 0.326 e. The minimum Gasteiger partial charge on any atom is -0.326 e. The maximum absolute atomic E-state index is 12.6. The Bertz CT molecular complexity index is 536. The molecule has 0 saturated carbocycles. The first-order chi connectivity index (χ1) is 8.84. The summed E-state index contributed by atoms with van der Waals surface area (Å²) in [5, 5.41) is 0.153. The van der Waals surface area contributed by atoms with Gasteiger partial charge in [-0.3, -0.25) is 0 Å². The van der Waals surface area contributed by atoms with E-state index in [2.05, 4.69) is 4.98 Å². The molecular formula is C11H19ClN4O2S. The number of hydrogen-bond acceptors (Lipinski definition) is 4.